The number of nitrogens with one attached hydrogen (secondary N) is 1. The van der Waals surface area contributed by atoms with E-state index in [0.717, 1.165) is 16.0 Å². The molecule has 0 aliphatic rings. The lowest BCUT2D eigenvalue weighted by Gasteiger charge is -2.26. The van der Waals surface area contributed by atoms with E-state index in [1.807, 2.05) is 25.3 Å². The number of carboxylic acids is 1. The van der Waals surface area contributed by atoms with Crippen LogP contribution in [0.3, 0.4) is 0 Å². The summed E-state index contributed by atoms with van der Waals surface area (Å²) < 4.78 is 1.00. The first-order valence-electron chi connectivity index (χ1n) is 5.66. The van der Waals surface area contributed by atoms with Crippen LogP contribution in [-0.4, -0.2) is 26.6 Å². The van der Waals surface area contributed by atoms with Crippen molar-refractivity contribution in [2.24, 2.45) is 0 Å². The molecule has 2 N–H and O–H groups in total. The molecule has 0 aliphatic heterocycles. The Kier molecular flexibility index (Phi) is 3.47. The van der Waals surface area contributed by atoms with Crippen LogP contribution in [0.25, 0.3) is 10.2 Å². The van der Waals surface area contributed by atoms with Crippen molar-refractivity contribution in [1.29, 1.82) is 0 Å². The third-order valence-corrected chi connectivity index (χ3v) is 3.57. The van der Waals surface area contributed by atoms with Crippen molar-refractivity contribution in [3.63, 3.8) is 0 Å². The lowest BCUT2D eigenvalue weighted by Crippen LogP contribution is -2.32. The van der Waals surface area contributed by atoms with Crippen LogP contribution < -0.4 is 5.32 Å². The predicted octanol–water partition coefficient (Wildman–Crippen LogP) is 2.75. The zero-order chi connectivity index (χ0) is 13.2. The number of aliphatic carboxylic acids is 1. The molecule has 0 fully saturated rings. The molecule has 0 bridgehead atoms. The summed E-state index contributed by atoms with van der Waals surface area (Å²) in [6.45, 7) is 3.94. The van der Waals surface area contributed by atoms with Crippen LogP contribution in [0, 0.1) is 0 Å². The van der Waals surface area contributed by atoms with E-state index in [9.17, 15) is 4.79 Å². The van der Waals surface area contributed by atoms with Gasteiger partial charge in [-0.05, 0) is 31.7 Å². The molecule has 0 unspecified atom stereocenters. The van der Waals surface area contributed by atoms with E-state index >= 15 is 0 Å². The van der Waals surface area contributed by atoms with Gasteiger partial charge >= 0.3 is 5.97 Å². The molecule has 2 heterocycles. The maximum absolute atomic E-state index is 10.6. The van der Waals surface area contributed by atoms with Gasteiger partial charge in [-0.15, -0.1) is 11.3 Å². The Bertz CT molecular complexity index is 565. The second-order valence-electron chi connectivity index (χ2n) is 4.76. The fourth-order valence-corrected chi connectivity index (χ4v) is 2.47. The Labute approximate surface area is 109 Å². The van der Waals surface area contributed by atoms with Gasteiger partial charge in [0.15, 0.2) is 0 Å². The van der Waals surface area contributed by atoms with Crippen LogP contribution in [0.4, 0.5) is 5.82 Å². The molecule has 0 spiro atoms. The topological polar surface area (TPSA) is 75.1 Å². The number of aromatic nitrogens is 2. The van der Waals surface area contributed by atoms with Crippen LogP contribution >= 0.6 is 11.3 Å². The number of hydrogen-bond acceptors (Lipinski definition) is 5. The average molecular weight is 265 g/mol. The third-order valence-electron chi connectivity index (χ3n) is 2.66. The number of nitrogens with zero attached hydrogens (tertiary/aromatic N) is 2. The molecule has 2 rings (SSSR count). The normalized spacial score (nSPS) is 11.7. The molecule has 0 saturated heterocycles. The number of carbonyl (C=O) groups is 1. The summed E-state index contributed by atoms with van der Waals surface area (Å²) in [4.78, 5) is 19.0. The fraction of sp³-hybridized carbons (Fsp3) is 0.417. The Morgan fingerprint density at radius 2 is 2.28 bits per heavy atom. The van der Waals surface area contributed by atoms with Gasteiger partial charge in [0, 0.05) is 12.0 Å². The van der Waals surface area contributed by atoms with Gasteiger partial charge in [-0.2, -0.15) is 0 Å². The molecule has 6 heteroatoms. The zero-order valence-corrected chi connectivity index (χ0v) is 11.1. The summed E-state index contributed by atoms with van der Waals surface area (Å²) >= 11 is 1.58. The second-order valence-corrected chi connectivity index (χ2v) is 5.68. The zero-order valence-electron chi connectivity index (χ0n) is 10.3. The van der Waals surface area contributed by atoms with Crippen molar-refractivity contribution in [2.45, 2.75) is 32.2 Å². The molecule has 5 nitrogen and oxygen atoms in total. The van der Waals surface area contributed by atoms with Crippen molar-refractivity contribution in [3.05, 3.63) is 17.8 Å². The van der Waals surface area contributed by atoms with Crippen molar-refractivity contribution >= 4 is 33.3 Å². The van der Waals surface area contributed by atoms with Crippen molar-refractivity contribution in [1.82, 2.24) is 9.97 Å². The van der Waals surface area contributed by atoms with Gasteiger partial charge in [-0.25, -0.2) is 9.97 Å². The van der Waals surface area contributed by atoms with Gasteiger partial charge in [0.1, 0.15) is 12.1 Å². The Morgan fingerprint density at radius 1 is 1.50 bits per heavy atom. The summed E-state index contributed by atoms with van der Waals surface area (Å²) in [7, 11) is 0. The lowest BCUT2D eigenvalue weighted by molar-refractivity contribution is -0.137. The Morgan fingerprint density at radius 3 is 3.00 bits per heavy atom. The molecule has 18 heavy (non-hydrogen) atoms. The monoisotopic (exact) mass is 265 g/mol. The number of hydrogen-bond donors (Lipinski definition) is 2. The van der Waals surface area contributed by atoms with Gasteiger partial charge in [0.2, 0.25) is 0 Å². The van der Waals surface area contributed by atoms with Crippen LogP contribution in [0.15, 0.2) is 17.8 Å². The highest BCUT2D eigenvalue weighted by Gasteiger charge is 2.20. The van der Waals surface area contributed by atoms with Crippen LogP contribution in [-0.2, 0) is 4.79 Å². The Balaban J connectivity index is 2.17. The molecule has 2 aromatic rings. The van der Waals surface area contributed by atoms with E-state index in [4.69, 9.17) is 5.11 Å². The highest BCUT2D eigenvalue weighted by atomic mass is 32.1. The van der Waals surface area contributed by atoms with Gasteiger partial charge in [-0.3, -0.25) is 4.79 Å². The summed E-state index contributed by atoms with van der Waals surface area (Å²) in [6.07, 6.45) is 2.20. The smallest absolute Gasteiger partial charge is 0.303 e. The van der Waals surface area contributed by atoms with Gasteiger partial charge in [0.25, 0.3) is 0 Å². The van der Waals surface area contributed by atoms with Gasteiger partial charge in [0.05, 0.1) is 10.2 Å². The first-order chi connectivity index (χ1) is 8.48. The summed E-state index contributed by atoms with van der Waals surface area (Å²) in [5, 5.41) is 14.0. The van der Waals surface area contributed by atoms with Crippen molar-refractivity contribution in [3.8, 4) is 0 Å². The highest BCUT2D eigenvalue weighted by molar-refractivity contribution is 7.17. The maximum Gasteiger partial charge on any atom is 0.303 e. The van der Waals surface area contributed by atoms with E-state index in [2.05, 4.69) is 15.3 Å². The summed E-state index contributed by atoms with van der Waals surface area (Å²) in [5.41, 5.74) is 0.593. The van der Waals surface area contributed by atoms with E-state index in [1.165, 1.54) is 6.33 Å². The standard InChI is InChI=1S/C12H15N3O2S/c1-12(2,5-3-9(16)17)15-11-10-8(4-6-18-10)13-7-14-11/h4,6-7H,3,5H2,1-2H3,(H,16,17)(H,13,14,15). The molecule has 2 aromatic heterocycles. The highest BCUT2D eigenvalue weighted by Crippen LogP contribution is 2.28. The Hall–Kier alpha value is -1.69. The molecule has 0 radical (unpaired) electrons. The minimum Gasteiger partial charge on any atom is -0.481 e. The number of anilines is 1. The maximum atomic E-state index is 10.6. The molecule has 96 valence electrons. The largest absolute Gasteiger partial charge is 0.481 e. The third kappa shape index (κ3) is 2.95. The minimum absolute atomic E-state index is 0.138. The summed E-state index contributed by atoms with van der Waals surface area (Å²) in [5.74, 6) is -0.0146. The van der Waals surface area contributed by atoms with Gasteiger partial charge in [-0.1, -0.05) is 0 Å². The van der Waals surface area contributed by atoms with E-state index in [0.29, 0.717) is 6.42 Å². The van der Waals surface area contributed by atoms with Crippen molar-refractivity contribution < 1.29 is 9.90 Å². The number of fused-ring (bicyclic) bond motifs is 1. The van der Waals surface area contributed by atoms with E-state index in [1.54, 1.807) is 11.3 Å². The molecule has 0 atom stereocenters. The molecule has 0 aromatic carbocycles. The lowest BCUT2D eigenvalue weighted by atomic mass is 9.98. The van der Waals surface area contributed by atoms with E-state index < -0.39 is 5.97 Å². The number of thiophene rings is 1. The minimum atomic E-state index is -0.783. The number of rotatable bonds is 5. The van der Waals surface area contributed by atoms with Crippen LogP contribution in [0.2, 0.25) is 0 Å². The first kappa shape index (κ1) is 12.8. The molecular weight excluding hydrogens is 250 g/mol. The molecular formula is C12H15N3O2S. The quantitative estimate of drug-likeness (QED) is 0.869. The first-order valence-corrected chi connectivity index (χ1v) is 6.54. The molecule has 0 aliphatic carbocycles. The number of carboxylic acid groups (broad SMARTS) is 1. The fourth-order valence-electron chi connectivity index (χ4n) is 1.68. The van der Waals surface area contributed by atoms with E-state index in [-0.39, 0.29) is 12.0 Å². The SMILES string of the molecule is CC(C)(CCC(=O)O)Nc1ncnc2ccsc12. The molecule has 0 saturated carbocycles. The van der Waals surface area contributed by atoms with Crippen LogP contribution in [0.5, 0.6) is 0 Å². The predicted molar refractivity (Wildman–Crippen MR) is 72.0 cm³/mol. The van der Waals surface area contributed by atoms with Crippen molar-refractivity contribution in [2.75, 3.05) is 5.32 Å². The second kappa shape index (κ2) is 4.89. The van der Waals surface area contributed by atoms with Gasteiger partial charge < -0.3 is 10.4 Å². The average Bonchev–Trinajstić information content (AvgIpc) is 2.75. The van der Waals surface area contributed by atoms with Crippen LogP contribution in [0.1, 0.15) is 26.7 Å². The molecule has 0 amide bonds. The summed E-state index contributed by atoms with van der Waals surface area (Å²) in [6, 6.07) is 1.94.